The van der Waals surface area contributed by atoms with Gasteiger partial charge < -0.3 is 19.5 Å². The van der Waals surface area contributed by atoms with Gasteiger partial charge >= 0.3 is 0 Å². The summed E-state index contributed by atoms with van der Waals surface area (Å²) >= 11 is 0. The summed E-state index contributed by atoms with van der Waals surface area (Å²) in [4.78, 5) is 14.9. The number of likely N-dealkylation sites (tertiary alicyclic amines) is 1. The fourth-order valence-corrected chi connectivity index (χ4v) is 4.83. The SMILES string of the molecule is O=C(C1=C[C@H](C2CCCCC2)C[C@H](OCc2ccc(CO)cc2)O1)N1CCCC1. The lowest BCUT2D eigenvalue weighted by molar-refractivity contribution is -0.160. The van der Waals surface area contributed by atoms with Gasteiger partial charge in [-0.15, -0.1) is 0 Å². The summed E-state index contributed by atoms with van der Waals surface area (Å²) < 4.78 is 12.2. The zero-order valence-corrected chi connectivity index (χ0v) is 17.2. The minimum atomic E-state index is -0.383. The van der Waals surface area contributed by atoms with Crippen LogP contribution in [0.25, 0.3) is 0 Å². The summed E-state index contributed by atoms with van der Waals surface area (Å²) in [6.07, 6.45) is 11.1. The lowest BCUT2D eigenvalue weighted by Gasteiger charge is -2.35. The Hall–Kier alpha value is -1.85. The third kappa shape index (κ3) is 5.20. The molecule has 0 bridgehead atoms. The second-order valence-corrected chi connectivity index (χ2v) is 8.66. The number of allylic oxidation sites excluding steroid dienone is 1. The van der Waals surface area contributed by atoms with E-state index in [4.69, 9.17) is 9.47 Å². The number of carbonyl (C=O) groups excluding carboxylic acids is 1. The number of amides is 1. The van der Waals surface area contributed by atoms with Gasteiger partial charge in [0.05, 0.1) is 13.2 Å². The maximum atomic E-state index is 13.0. The summed E-state index contributed by atoms with van der Waals surface area (Å²) in [5.41, 5.74) is 1.93. The summed E-state index contributed by atoms with van der Waals surface area (Å²) in [6.45, 7) is 2.15. The molecule has 158 valence electrons. The Morgan fingerprint density at radius 1 is 1.03 bits per heavy atom. The number of rotatable bonds is 6. The van der Waals surface area contributed by atoms with Crippen molar-refractivity contribution in [1.82, 2.24) is 4.90 Å². The minimum absolute atomic E-state index is 0.0314. The highest BCUT2D eigenvalue weighted by Crippen LogP contribution is 2.37. The molecular formula is C24H33NO4. The first-order valence-electron chi connectivity index (χ1n) is 11.2. The van der Waals surface area contributed by atoms with Crippen LogP contribution in [0.4, 0.5) is 0 Å². The van der Waals surface area contributed by atoms with Gasteiger partial charge in [0.25, 0.3) is 5.91 Å². The quantitative estimate of drug-likeness (QED) is 0.781. The molecule has 2 heterocycles. The monoisotopic (exact) mass is 399 g/mol. The van der Waals surface area contributed by atoms with Crippen LogP contribution < -0.4 is 0 Å². The Morgan fingerprint density at radius 3 is 2.41 bits per heavy atom. The molecule has 29 heavy (non-hydrogen) atoms. The van der Waals surface area contributed by atoms with Crippen LogP contribution in [0.1, 0.15) is 62.5 Å². The Labute approximate surface area is 173 Å². The first-order valence-corrected chi connectivity index (χ1v) is 11.2. The van der Waals surface area contributed by atoms with Gasteiger partial charge in [-0.25, -0.2) is 0 Å². The molecule has 0 radical (unpaired) electrons. The van der Waals surface area contributed by atoms with Gasteiger partial charge in [-0.2, -0.15) is 0 Å². The molecule has 0 spiro atoms. The summed E-state index contributed by atoms with van der Waals surface area (Å²) in [7, 11) is 0. The molecule has 5 heteroatoms. The molecule has 1 amide bonds. The molecule has 0 unspecified atom stereocenters. The minimum Gasteiger partial charge on any atom is -0.459 e. The van der Waals surface area contributed by atoms with E-state index < -0.39 is 0 Å². The number of hydrogen-bond acceptors (Lipinski definition) is 4. The fourth-order valence-electron chi connectivity index (χ4n) is 4.83. The average Bonchev–Trinajstić information content (AvgIpc) is 3.33. The highest BCUT2D eigenvalue weighted by molar-refractivity contribution is 5.91. The number of ether oxygens (including phenoxy) is 2. The lowest BCUT2D eigenvalue weighted by atomic mass is 9.77. The van der Waals surface area contributed by atoms with Gasteiger partial charge in [0.2, 0.25) is 6.29 Å². The van der Waals surface area contributed by atoms with E-state index in [1.54, 1.807) is 0 Å². The van der Waals surface area contributed by atoms with Crippen LogP contribution in [-0.2, 0) is 27.5 Å². The number of aliphatic hydroxyl groups excluding tert-OH is 1. The van der Waals surface area contributed by atoms with E-state index in [2.05, 4.69) is 6.08 Å². The number of aliphatic hydroxyl groups is 1. The van der Waals surface area contributed by atoms with Crippen LogP contribution in [-0.4, -0.2) is 35.3 Å². The molecule has 1 saturated carbocycles. The Bertz CT molecular complexity index is 702. The Kier molecular flexibility index (Phi) is 6.88. The first-order chi connectivity index (χ1) is 14.2. The molecule has 1 aromatic carbocycles. The molecule has 5 nitrogen and oxygen atoms in total. The van der Waals surface area contributed by atoms with E-state index in [0.29, 0.717) is 24.2 Å². The van der Waals surface area contributed by atoms with Crippen molar-refractivity contribution in [3.8, 4) is 0 Å². The van der Waals surface area contributed by atoms with Gasteiger partial charge in [-0.05, 0) is 54.7 Å². The third-order valence-corrected chi connectivity index (χ3v) is 6.59. The number of hydrogen-bond donors (Lipinski definition) is 1. The van der Waals surface area contributed by atoms with E-state index >= 15 is 0 Å². The zero-order chi connectivity index (χ0) is 20.1. The van der Waals surface area contributed by atoms with Crippen molar-refractivity contribution in [2.75, 3.05) is 13.1 Å². The van der Waals surface area contributed by atoms with Crippen LogP contribution in [0.2, 0.25) is 0 Å². The van der Waals surface area contributed by atoms with Crippen molar-refractivity contribution < 1.29 is 19.4 Å². The van der Waals surface area contributed by atoms with Gasteiger partial charge in [-0.1, -0.05) is 43.5 Å². The predicted octanol–water partition coefficient (Wildman–Crippen LogP) is 4.14. The molecule has 1 aliphatic carbocycles. The summed E-state index contributed by atoms with van der Waals surface area (Å²) in [5.74, 6) is 1.51. The van der Waals surface area contributed by atoms with Gasteiger partial charge in [0, 0.05) is 19.5 Å². The molecular weight excluding hydrogens is 366 g/mol. The second kappa shape index (κ2) is 9.77. The van der Waals surface area contributed by atoms with Gasteiger partial charge in [0.15, 0.2) is 5.76 Å². The van der Waals surface area contributed by atoms with Crippen LogP contribution in [0.5, 0.6) is 0 Å². The van der Waals surface area contributed by atoms with Crippen molar-refractivity contribution in [3.63, 3.8) is 0 Å². The van der Waals surface area contributed by atoms with Gasteiger partial charge in [0.1, 0.15) is 0 Å². The van der Waals surface area contributed by atoms with E-state index in [0.717, 1.165) is 43.5 Å². The molecule has 1 aromatic rings. The van der Waals surface area contributed by atoms with Crippen molar-refractivity contribution in [2.24, 2.45) is 11.8 Å². The van der Waals surface area contributed by atoms with E-state index in [1.807, 2.05) is 29.2 Å². The molecule has 4 rings (SSSR count). The molecule has 2 atom stereocenters. The molecule has 3 aliphatic rings. The molecule has 0 aromatic heterocycles. The molecule has 1 N–H and O–H groups in total. The third-order valence-electron chi connectivity index (χ3n) is 6.59. The maximum Gasteiger partial charge on any atom is 0.288 e. The zero-order valence-electron chi connectivity index (χ0n) is 17.2. The topological polar surface area (TPSA) is 59.0 Å². The van der Waals surface area contributed by atoms with Crippen molar-refractivity contribution in [1.29, 1.82) is 0 Å². The van der Waals surface area contributed by atoms with Crippen LogP contribution in [0, 0.1) is 11.8 Å². The smallest absolute Gasteiger partial charge is 0.288 e. The second-order valence-electron chi connectivity index (χ2n) is 8.66. The summed E-state index contributed by atoms with van der Waals surface area (Å²) in [6, 6.07) is 7.76. The summed E-state index contributed by atoms with van der Waals surface area (Å²) in [5, 5.41) is 9.19. The lowest BCUT2D eigenvalue weighted by Crippen LogP contribution is -2.36. The number of benzene rings is 1. The Balaban J connectivity index is 1.43. The largest absolute Gasteiger partial charge is 0.459 e. The average molecular weight is 400 g/mol. The van der Waals surface area contributed by atoms with Crippen molar-refractivity contribution >= 4 is 5.91 Å². The molecule has 2 aliphatic heterocycles. The van der Waals surface area contributed by atoms with Gasteiger partial charge in [-0.3, -0.25) is 4.79 Å². The number of nitrogens with zero attached hydrogens (tertiary/aromatic N) is 1. The highest BCUT2D eigenvalue weighted by atomic mass is 16.7. The Morgan fingerprint density at radius 2 is 1.72 bits per heavy atom. The van der Waals surface area contributed by atoms with E-state index in [9.17, 15) is 9.90 Å². The standard InChI is InChI=1S/C24H33NO4/c26-16-18-8-10-19(11-9-18)17-28-23-15-21(20-6-2-1-3-7-20)14-22(29-23)24(27)25-12-4-5-13-25/h8-11,14,20-21,23,26H,1-7,12-13,15-17H2/t21-,23+/m0/s1. The predicted molar refractivity (Wildman–Crippen MR) is 111 cm³/mol. The van der Waals surface area contributed by atoms with Crippen LogP contribution >= 0.6 is 0 Å². The molecule has 1 saturated heterocycles. The van der Waals surface area contributed by atoms with Crippen LogP contribution in [0.3, 0.4) is 0 Å². The normalized spacial score (nSPS) is 25.6. The highest BCUT2D eigenvalue weighted by Gasteiger charge is 2.34. The van der Waals surface area contributed by atoms with E-state index in [1.165, 1.54) is 32.1 Å². The first kappa shape index (κ1) is 20.4. The van der Waals surface area contributed by atoms with E-state index in [-0.39, 0.29) is 18.8 Å². The van der Waals surface area contributed by atoms with Crippen LogP contribution in [0.15, 0.2) is 36.1 Å². The van der Waals surface area contributed by atoms with Crippen molar-refractivity contribution in [2.45, 2.75) is 70.9 Å². The van der Waals surface area contributed by atoms with Crippen molar-refractivity contribution in [3.05, 3.63) is 47.2 Å². The molecule has 2 fully saturated rings. The number of carbonyl (C=O) groups is 1. The maximum absolute atomic E-state index is 13.0. The fraction of sp³-hybridized carbons (Fsp3) is 0.625.